The van der Waals surface area contributed by atoms with Crippen LogP contribution in [0.5, 0.6) is 0 Å². The minimum absolute atomic E-state index is 0.0331. The number of alkyl halides is 3. The van der Waals surface area contributed by atoms with Crippen LogP contribution in [0.1, 0.15) is 16.7 Å². The zero-order valence-electron chi connectivity index (χ0n) is 20.6. The van der Waals surface area contributed by atoms with Crippen molar-refractivity contribution < 1.29 is 26.8 Å². The van der Waals surface area contributed by atoms with E-state index in [0.717, 1.165) is 24.0 Å². The number of amides is 1. The predicted molar refractivity (Wildman–Crippen MR) is 138 cm³/mol. The fourth-order valence-corrected chi connectivity index (χ4v) is 4.14. The number of hydrogen-bond donors (Lipinski definition) is 2. The summed E-state index contributed by atoms with van der Waals surface area (Å²) in [4.78, 5) is 28.4. The quantitative estimate of drug-likeness (QED) is 0.228. The van der Waals surface area contributed by atoms with Crippen LogP contribution in [0.2, 0.25) is 0 Å². The molecule has 0 aliphatic carbocycles. The number of para-hydroxylation sites is 1. The average Bonchev–Trinajstić information content (AvgIpc) is 3.38. The van der Waals surface area contributed by atoms with Crippen LogP contribution < -0.4 is 10.6 Å². The molecule has 1 aliphatic heterocycles. The molecule has 5 aromatic rings. The Labute approximate surface area is 228 Å². The summed E-state index contributed by atoms with van der Waals surface area (Å²) in [6.07, 6.45) is -4.36. The van der Waals surface area contributed by atoms with E-state index in [0.29, 0.717) is 23.2 Å². The molecular weight excluding hydrogens is 544 g/mol. The number of hydrogen-bond acceptors (Lipinski definition) is 9. The maximum absolute atomic E-state index is 13.4. The predicted octanol–water partition coefficient (Wildman–Crippen LogP) is 4.97. The molecule has 3 aromatic heterocycles. The number of aliphatic imine (C=N–C) groups is 1. The van der Waals surface area contributed by atoms with Gasteiger partial charge in [0, 0.05) is 40.8 Å². The van der Waals surface area contributed by atoms with Gasteiger partial charge in [0.1, 0.15) is 5.69 Å². The van der Waals surface area contributed by atoms with Crippen molar-refractivity contribution in [1.29, 1.82) is 0 Å². The highest BCUT2D eigenvalue weighted by Crippen LogP contribution is 2.36. The molecule has 6 rings (SSSR count). The van der Waals surface area contributed by atoms with E-state index < -0.39 is 29.9 Å². The van der Waals surface area contributed by atoms with Gasteiger partial charge < -0.3 is 15.1 Å². The number of carbonyl (C=O) groups is 1. The van der Waals surface area contributed by atoms with Crippen LogP contribution in [0, 0.1) is 6.08 Å². The highest BCUT2D eigenvalue weighted by atomic mass is 19.4. The Bertz CT molecular complexity index is 1770. The maximum atomic E-state index is 13.4. The summed E-state index contributed by atoms with van der Waals surface area (Å²) >= 11 is 0. The Morgan fingerprint density at radius 3 is 2.34 bits per heavy atom. The first-order valence-corrected chi connectivity index (χ1v) is 12.0. The summed E-state index contributed by atoms with van der Waals surface area (Å²) in [6, 6.07) is 17.0. The van der Waals surface area contributed by atoms with E-state index in [2.05, 4.69) is 40.8 Å². The summed E-state index contributed by atoms with van der Waals surface area (Å²) in [6.45, 7) is 0. The van der Waals surface area contributed by atoms with Crippen LogP contribution in [-0.2, 0) is 11.0 Å². The highest BCUT2D eigenvalue weighted by molar-refractivity contribution is 6.19. The monoisotopic (exact) mass is 560 g/mol. The molecule has 0 fully saturated rings. The van der Waals surface area contributed by atoms with Gasteiger partial charge in [-0.3, -0.25) is 4.79 Å². The zero-order chi connectivity index (χ0) is 28.6. The number of nitrogens with one attached hydrogen (secondary N) is 2. The van der Waals surface area contributed by atoms with Crippen molar-refractivity contribution in [2.24, 2.45) is 4.99 Å². The topological polar surface area (TPSA) is 131 Å². The number of carbonyl (C=O) groups excluding carboxylic acids is 1. The van der Waals surface area contributed by atoms with E-state index in [4.69, 9.17) is 4.42 Å². The smallest absolute Gasteiger partial charge is 0.402 e. The second kappa shape index (κ2) is 10.2. The third-order valence-corrected chi connectivity index (χ3v) is 6.03. The van der Waals surface area contributed by atoms with Crippen molar-refractivity contribution in [1.82, 2.24) is 25.1 Å². The fraction of sp³-hybridized carbons (Fsp3) is 0.0741. The molecule has 10 nitrogen and oxygen atoms in total. The third kappa shape index (κ3) is 5.22. The largest absolute Gasteiger partial charge is 0.417 e. The third-order valence-electron chi connectivity index (χ3n) is 6.03. The fourth-order valence-electron chi connectivity index (χ4n) is 4.14. The summed E-state index contributed by atoms with van der Waals surface area (Å²) in [5.74, 6) is -0.787. The Morgan fingerprint density at radius 1 is 0.854 bits per heavy atom. The molecule has 1 aliphatic rings. The Morgan fingerprint density at radius 2 is 1.59 bits per heavy atom. The van der Waals surface area contributed by atoms with Gasteiger partial charge >= 0.3 is 18.3 Å². The van der Waals surface area contributed by atoms with Gasteiger partial charge in [0.15, 0.2) is 0 Å². The number of benzodiazepines with no additional fused rings is 1. The molecule has 41 heavy (non-hydrogen) atoms. The van der Waals surface area contributed by atoms with Crippen molar-refractivity contribution in [3.63, 3.8) is 0 Å². The molecule has 4 heterocycles. The summed E-state index contributed by atoms with van der Waals surface area (Å²) in [5.41, 5.74) is 1.25. The van der Waals surface area contributed by atoms with Gasteiger partial charge in [-0.2, -0.15) is 17.6 Å². The molecule has 204 valence electrons. The minimum atomic E-state index is -4.71. The Kier molecular flexibility index (Phi) is 6.41. The van der Waals surface area contributed by atoms with E-state index in [1.807, 2.05) is 42.5 Å². The summed E-state index contributed by atoms with van der Waals surface area (Å²) < 4.78 is 59.2. The standard InChI is InChI=1S/C27H16F4N8O2/c28-25-33-11-15(12-34-25)18-10-16(27(29,30)31)13-32-21(18)24-38-39-26(41-24)37-22-23(40)35-19-9-5-4-8-17(19)20(36-22)14-6-2-1-3-7-14/h1-13,22H,(H,35,40)(H,37,39). The van der Waals surface area contributed by atoms with E-state index in [9.17, 15) is 22.4 Å². The van der Waals surface area contributed by atoms with Crippen LogP contribution >= 0.6 is 0 Å². The Balaban J connectivity index is 1.37. The lowest BCUT2D eigenvalue weighted by Gasteiger charge is -2.12. The number of benzene rings is 2. The first-order valence-electron chi connectivity index (χ1n) is 12.0. The molecule has 1 atom stereocenters. The molecular formula is C27H16F4N8O2. The number of fused-ring (bicyclic) bond motifs is 1. The van der Waals surface area contributed by atoms with Crippen LogP contribution in [0.3, 0.4) is 0 Å². The second-order valence-corrected chi connectivity index (χ2v) is 8.70. The van der Waals surface area contributed by atoms with E-state index in [1.165, 1.54) is 0 Å². The lowest BCUT2D eigenvalue weighted by atomic mass is 10.0. The van der Waals surface area contributed by atoms with Gasteiger partial charge in [-0.15, -0.1) is 5.10 Å². The summed E-state index contributed by atoms with van der Waals surface area (Å²) in [7, 11) is 0. The van der Waals surface area contributed by atoms with Crippen molar-refractivity contribution in [3.8, 4) is 22.7 Å². The molecule has 0 radical (unpaired) electrons. The molecule has 0 spiro atoms. The minimum Gasteiger partial charge on any atom is -0.402 e. The number of pyridine rings is 1. The van der Waals surface area contributed by atoms with Crippen LogP contribution in [0.4, 0.5) is 29.3 Å². The van der Waals surface area contributed by atoms with Crippen LogP contribution in [0.25, 0.3) is 22.7 Å². The van der Waals surface area contributed by atoms with Gasteiger partial charge in [0.2, 0.25) is 6.17 Å². The average molecular weight is 560 g/mol. The molecule has 1 unspecified atom stereocenters. The number of halogens is 4. The molecule has 0 bridgehead atoms. The van der Waals surface area contributed by atoms with E-state index in [1.54, 1.807) is 12.1 Å². The maximum Gasteiger partial charge on any atom is 0.417 e. The van der Waals surface area contributed by atoms with Gasteiger partial charge in [-0.25, -0.2) is 19.9 Å². The molecule has 2 aromatic carbocycles. The number of rotatable bonds is 5. The Hall–Kier alpha value is -5.53. The van der Waals surface area contributed by atoms with Crippen molar-refractivity contribution in [2.45, 2.75) is 12.3 Å². The molecule has 0 saturated carbocycles. The van der Waals surface area contributed by atoms with E-state index in [-0.39, 0.29) is 28.7 Å². The van der Waals surface area contributed by atoms with Gasteiger partial charge in [-0.1, -0.05) is 53.6 Å². The van der Waals surface area contributed by atoms with Crippen molar-refractivity contribution in [3.05, 3.63) is 102 Å². The lowest BCUT2D eigenvalue weighted by Crippen LogP contribution is -2.32. The number of anilines is 2. The van der Waals surface area contributed by atoms with Gasteiger partial charge in [0.05, 0.1) is 17.0 Å². The lowest BCUT2D eigenvalue weighted by molar-refractivity contribution is -0.137. The van der Waals surface area contributed by atoms with Crippen molar-refractivity contribution in [2.75, 3.05) is 10.6 Å². The SMILES string of the molecule is O=C1Nc2ccccc2C(c2ccccc2)=NC1Nc1nnc(-c2ncc(C(F)(F)F)cc2-c2cnc(F)nc2)o1. The normalized spacial score (nSPS) is 15.0. The molecule has 14 heteroatoms. The molecule has 0 saturated heterocycles. The summed E-state index contributed by atoms with van der Waals surface area (Å²) in [5, 5.41) is 13.4. The first-order chi connectivity index (χ1) is 19.8. The first kappa shape index (κ1) is 25.7. The van der Waals surface area contributed by atoms with Gasteiger partial charge in [0.25, 0.3) is 11.8 Å². The molecule has 1 amide bonds. The number of aromatic nitrogens is 5. The van der Waals surface area contributed by atoms with Crippen LogP contribution in [0.15, 0.2) is 88.7 Å². The van der Waals surface area contributed by atoms with Gasteiger partial charge in [-0.05, 0) is 12.1 Å². The number of nitrogens with zero attached hydrogens (tertiary/aromatic N) is 6. The van der Waals surface area contributed by atoms with Crippen molar-refractivity contribution >= 4 is 23.3 Å². The van der Waals surface area contributed by atoms with E-state index >= 15 is 0 Å². The van der Waals surface area contributed by atoms with Crippen LogP contribution in [-0.4, -0.2) is 42.9 Å². The molecule has 2 N–H and O–H groups in total. The zero-order valence-corrected chi connectivity index (χ0v) is 20.6. The second-order valence-electron chi connectivity index (χ2n) is 8.70. The highest BCUT2D eigenvalue weighted by Gasteiger charge is 2.33.